The lowest BCUT2D eigenvalue weighted by Gasteiger charge is -2.23. The van der Waals surface area contributed by atoms with Gasteiger partial charge in [-0.25, -0.2) is 4.39 Å². The normalized spacial score (nSPS) is 24.2. The van der Waals surface area contributed by atoms with Gasteiger partial charge in [0, 0.05) is 24.7 Å². The molecule has 32 heavy (non-hydrogen) atoms. The van der Waals surface area contributed by atoms with Crippen molar-refractivity contribution in [3.63, 3.8) is 0 Å². The Kier molecular flexibility index (Phi) is 11.9. The van der Waals surface area contributed by atoms with Gasteiger partial charge in [0.15, 0.2) is 0 Å². The van der Waals surface area contributed by atoms with Gasteiger partial charge < -0.3 is 20.1 Å². The number of esters is 1. The molecular weight excluding hydrogens is 411 g/mol. The summed E-state index contributed by atoms with van der Waals surface area (Å²) in [5.41, 5.74) is 1.77. The van der Waals surface area contributed by atoms with Crippen LogP contribution < -0.4 is 0 Å². The Morgan fingerprint density at radius 3 is 2.66 bits per heavy atom. The molecule has 1 aliphatic carbocycles. The summed E-state index contributed by atoms with van der Waals surface area (Å²) in [6.07, 6.45) is 7.84. The predicted octanol–water partition coefficient (Wildman–Crippen LogP) is 4.75. The number of benzene rings is 1. The van der Waals surface area contributed by atoms with Crippen LogP contribution in [-0.2, 0) is 9.53 Å². The summed E-state index contributed by atoms with van der Waals surface area (Å²) < 4.78 is 19.4. The van der Waals surface area contributed by atoms with Crippen LogP contribution in [0.1, 0.15) is 87.9 Å². The Bertz CT molecular complexity index is 690. The van der Waals surface area contributed by atoms with E-state index in [1.165, 1.54) is 0 Å². The van der Waals surface area contributed by atoms with Crippen molar-refractivity contribution >= 4 is 5.97 Å². The molecule has 1 aromatic rings. The van der Waals surface area contributed by atoms with Gasteiger partial charge in [0.05, 0.1) is 18.8 Å². The molecule has 5 nitrogen and oxygen atoms in total. The Morgan fingerprint density at radius 1 is 1.22 bits per heavy atom. The van der Waals surface area contributed by atoms with Crippen LogP contribution in [-0.4, -0.2) is 46.8 Å². The summed E-state index contributed by atoms with van der Waals surface area (Å²) in [7, 11) is 0. The minimum absolute atomic E-state index is 0.0246. The maximum atomic E-state index is 14.6. The monoisotopic (exact) mass is 450 g/mol. The highest BCUT2D eigenvalue weighted by Crippen LogP contribution is 2.44. The summed E-state index contributed by atoms with van der Waals surface area (Å²) in [6.45, 7) is 1.98. The van der Waals surface area contributed by atoms with Crippen LogP contribution in [0.2, 0.25) is 0 Å². The van der Waals surface area contributed by atoms with E-state index >= 15 is 0 Å². The molecule has 180 valence electrons. The van der Waals surface area contributed by atoms with Crippen molar-refractivity contribution in [3.8, 4) is 0 Å². The Morgan fingerprint density at radius 2 is 1.97 bits per heavy atom. The van der Waals surface area contributed by atoms with Crippen molar-refractivity contribution in [1.82, 2.24) is 0 Å². The summed E-state index contributed by atoms with van der Waals surface area (Å²) in [4.78, 5) is 11.4. The molecule has 1 unspecified atom stereocenters. The van der Waals surface area contributed by atoms with Crippen LogP contribution in [0, 0.1) is 5.92 Å². The summed E-state index contributed by atoms with van der Waals surface area (Å²) in [6, 6.07) is 7.62. The van der Waals surface area contributed by atoms with Crippen LogP contribution in [0.5, 0.6) is 0 Å². The second kappa shape index (κ2) is 14.4. The van der Waals surface area contributed by atoms with E-state index in [0.29, 0.717) is 19.3 Å². The highest BCUT2D eigenvalue weighted by atomic mass is 19.1. The van der Waals surface area contributed by atoms with E-state index in [0.717, 1.165) is 36.8 Å². The van der Waals surface area contributed by atoms with Crippen molar-refractivity contribution < 1.29 is 29.2 Å². The smallest absolute Gasteiger partial charge is 0.305 e. The van der Waals surface area contributed by atoms with Crippen LogP contribution in [0.3, 0.4) is 0 Å². The van der Waals surface area contributed by atoms with Gasteiger partial charge in [0.2, 0.25) is 0 Å². The molecule has 1 aliphatic rings. The number of hydrogen-bond acceptors (Lipinski definition) is 5. The van der Waals surface area contributed by atoms with E-state index in [-0.39, 0.29) is 43.9 Å². The third-order valence-corrected chi connectivity index (χ3v) is 6.28. The minimum atomic E-state index is -1.06. The number of ether oxygens (including phenoxy) is 1. The van der Waals surface area contributed by atoms with E-state index in [1.807, 2.05) is 36.4 Å². The lowest BCUT2D eigenvalue weighted by atomic mass is 9.84. The molecule has 1 fully saturated rings. The number of halogens is 1. The summed E-state index contributed by atoms with van der Waals surface area (Å²) in [5.74, 6) is -0.889. The van der Waals surface area contributed by atoms with Crippen molar-refractivity contribution in [3.05, 3.63) is 47.5 Å². The number of hydrogen-bond donors (Lipinski definition) is 3. The van der Waals surface area contributed by atoms with Gasteiger partial charge in [0.25, 0.3) is 0 Å². The quantitative estimate of drug-likeness (QED) is 0.216. The van der Waals surface area contributed by atoms with Crippen LogP contribution >= 0.6 is 0 Å². The topological polar surface area (TPSA) is 87.0 Å². The summed E-state index contributed by atoms with van der Waals surface area (Å²) in [5, 5.41) is 29.5. The third kappa shape index (κ3) is 8.30. The number of alkyl halides is 1. The number of unbranched alkanes of at least 4 members (excludes halogenated alkanes) is 3. The molecule has 0 aromatic heterocycles. The lowest BCUT2D eigenvalue weighted by molar-refractivity contribution is -0.144. The maximum absolute atomic E-state index is 14.6. The minimum Gasteiger partial charge on any atom is -0.463 e. The van der Waals surface area contributed by atoms with Crippen LogP contribution in [0.4, 0.5) is 4.39 Å². The fourth-order valence-corrected chi connectivity index (χ4v) is 4.49. The van der Waals surface area contributed by atoms with E-state index in [4.69, 9.17) is 9.84 Å². The van der Waals surface area contributed by atoms with Crippen molar-refractivity contribution in [2.24, 2.45) is 5.92 Å². The SMILES string of the molecule is CCCCCC(O)c1ccc([C@@H]2[C@@H](C/C=C\CCCC(=O)OCCO)[C@H](F)C[C@H]2O)cc1. The number of rotatable bonds is 14. The van der Waals surface area contributed by atoms with Crippen molar-refractivity contribution in [1.29, 1.82) is 0 Å². The Labute approximate surface area is 191 Å². The molecule has 0 bridgehead atoms. The molecule has 3 N–H and O–H groups in total. The van der Waals surface area contributed by atoms with Gasteiger partial charge in [-0.05, 0) is 36.8 Å². The fraction of sp³-hybridized carbons (Fsp3) is 0.654. The average molecular weight is 451 g/mol. The van der Waals surface area contributed by atoms with E-state index in [1.54, 1.807) is 0 Å². The highest BCUT2D eigenvalue weighted by Gasteiger charge is 2.42. The standard InChI is InChI=1S/C26H39FO5/c1-2-3-6-10-23(29)19-12-14-20(15-13-19)26-21(22(27)18-24(26)30)9-7-4-5-8-11-25(31)32-17-16-28/h4,7,12-15,21-24,26,28-30H,2-3,5-6,8-11,16-18H2,1H3/b7-4-/t21-,22+,23?,24+,26+/m0/s1. The number of carbonyl (C=O) groups excluding carboxylic acids is 1. The Balaban J connectivity index is 1.88. The zero-order valence-electron chi connectivity index (χ0n) is 19.2. The number of aliphatic hydroxyl groups excluding tert-OH is 3. The first-order valence-corrected chi connectivity index (χ1v) is 12.0. The second-order valence-electron chi connectivity index (χ2n) is 8.73. The molecule has 0 heterocycles. The van der Waals surface area contributed by atoms with Gasteiger partial charge >= 0.3 is 5.97 Å². The molecule has 6 heteroatoms. The molecule has 0 saturated heterocycles. The molecule has 0 spiro atoms. The molecule has 0 aliphatic heterocycles. The maximum Gasteiger partial charge on any atom is 0.305 e. The highest BCUT2D eigenvalue weighted by molar-refractivity contribution is 5.69. The molecule has 0 radical (unpaired) electrons. The first-order chi connectivity index (χ1) is 15.5. The van der Waals surface area contributed by atoms with Crippen molar-refractivity contribution in [2.75, 3.05) is 13.2 Å². The zero-order valence-corrected chi connectivity index (χ0v) is 19.2. The van der Waals surface area contributed by atoms with Crippen LogP contribution in [0.15, 0.2) is 36.4 Å². The van der Waals surface area contributed by atoms with Gasteiger partial charge in [-0.2, -0.15) is 0 Å². The second-order valence-corrected chi connectivity index (χ2v) is 8.73. The number of aliphatic hydroxyl groups is 3. The molecule has 1 saturated carbocycles. The van der Waals surface area contributed by atoms with E-state index < -0.39 is 18.4 Å². The predicted molar refractivity (Wildman–Crippen MR) is 123 cm³/mol. The molecule has 5 atom stereocenters. The number of allylic oxidation sites excluding steroid dienone is 2. The Hall–Kier alpha value is -1.76. The zero-order chi connectivity index (χ0) is 23.3. The third-order valence-electron chi connectivity index (χ3n) is 6.28. The summed E-state index contributed by atoms with van der Waals surface area (Å²) >= 11 is 0. The molecule has 1 aromatic carbocycles. The molecule has 0 amide bonds. The number of carbonyl (C=O) groups is 1. The van der Waals surface area contributed by atoms with E-state index in [2.05, 4.69) is 6.92 Å². The van der Waals surface area contributed by atoms with E-state index in [9.17, 15) is 19.4 Å². The van der Waals surface area contributed by atoms with Crippen molar-refractivity contribution in [2.45, 2.75) is 89.0 Å². The average Bonchev–Trinajstić information content (AvgIpc) is 3.07. The first-order valence-electron chi connectivity index (χ1n) is 12.0. The largest absolute Gasteiger partial charge is 0.463 e. The molecular formula is C26H39FO5. The van der Waals surface area contributed by atoms with Crippen LogP contribution in [0.25, 0.3) is 0 Å². The fourth-order valence-electron chi connectivity index (χ4n) is 4.49. The first kappa shape index (κ1) is 26.5. The molecule has 2 rings (SSSR count). The van der Waals surface area contributed by atoms with Gasteiger partial charge in [-0.3, -0.25) is 4.79 Å². The lowest BCUT2D eigenvalue weighted by Crippen LogP contribution is -2.18. The van der Waals surface area contributed by atoms with Gasteiger partial charge in [-0.1, -0.05) is 62.6 Å². The van der Waals surface area contributed by atoms with Gasteiger partial charge in [-0.15, -0.1) is 0 Å². The van der Waals surface area contributed by atoms with Gasteiger partial charge in [0.1, 0.15) is 12.8 Å².